The van der Waals surface area contributed by atoms with Crippen molar-refractivity contribution in [2.45, 2.75) is 43.8 Å². The number of nitrogens with zero attached hydrogens (tertiary/aromatic N) is 3. The average Bonchev–Trinajstić information content (AvgIpc) is 2.99. The molecule has 5 nitrogen and oxygen atoms in total. The summed E-state index contributed by atoms with van der Waals surface area (Å²) in [5, 5.41) is 13.7. The van der Waals surface area contributed by atoms with Crippen LogP contribution in [0.2, 0.25) is 0 Å². The zero-order valence-corrected chi connectivity index (χ0v) is 12.5. The summed E-state index contributed by atoms with van der Waals surface area (Å²) >= 11 is 0. The molecule has 1 N–H and O–H groups in total. The summed E-state index contributed by atoms with van der Waals surface area (Å²) in [7, 11) is 1.96. The van der Waals surface area contributed by atoms with E-state index >= 15 is 0 Å². The van der Waals surface area contributed by atoms with Crippen LogP contribution in [-0.4, -0.2) is 57.7 Å². The molecule has 1 aromatic rings. The number of hydrogen-bond acceptors (Lipinski definition) is 4. The molecule has 2 atom stereocenters. The van der Waals surface area contributed by atoms with Gasteiger partial charge in [0, 0.05) is 38.8 Å². The van der Waals surface area contributed by atoms with Crippen molar-refractivity contribution in [2.24, 2.45) is 7.05 Å². The predicted octanol–water partition coefficient (Wildman–Crippen LogP) is 1.14. The summed E-state index contributed by atoms with van der Waals surface area (Å²) in [5.74, 6) is 0.493. The van der Waals surface area contributed by atoms with E-state index in [9.17, 15) is 5.11 Å². The van der Waals surface area contributed by atoms with Gasteiger partial charge in [0.1, 0.15) is 0 Å². The molecule has 0 aliphatic carbocycles. The van der Waals surface area contributed by atoms with Crippen LogP contribution in [0.1, 0.15) is 37.7 Å². The van der Waals surface area contributed by atoms with Crippen molar-refractivity contribution in [1.82, 2.24) is 14.7 Å². The van der Waals surface area contributed by atoms with Gasteiger partial charge in [-0.25, -0.2) is 0 Å². The van der Waals surface area contributed by atoms with Gasteiger partial charge in [0.2, 0.25) is 0 Å². The van der Waals surface area contributed by atoms with Crippen LogP contribution in [0.15, 0.2) is 12.4 Å². The first-order chi connectivity index (χ1) is 9.56. The van der Waals surface area contributed by atoms with E-state index < -0.39 is 0 Å². The molecule has 0 aromatic carbocycles. The molecule has 3 heterocycles. The molecule has 1 spiro atoms. The highest BCUT2D eigenvalue weighted by molar-refractivity contribution is 5.15. The Hall–Kier alpha value is -0.910. The monoisotopic (exact) mass is 279 g/mol. The zero-order chi connectivity index (χ0) is 14.2. The van der Waals surface area contributed by atoms with Gasteiger partial charge in [0.15, 0.2) is 0 Å². The Labute approximate surface area is 120 Å². The minimum absolute atomic E-state index is 0.0652. The van der Waals surface area contributed by atoms with Gasteiger partial charge in [-0.15, -0.1) is 0 Å². The van der Waals surface area contributed by atoms with Crippen LogP contribution in [0.3, 0.4) is 0 Å². The Kier molecular flexibility index (Phi) is 3.84. The minimum atomic E-state index is -0.239. The molecule has 2 unspecified atom stereocenters. The van der Waals surface area contributed by atoms with E-state index in [0.717, 1.165) is 45.5 Å². The fraction of sp³-hybridized carbons (Fsp3) is 0.800. The lowest BCUT2D eigenvalue weighted by Gasteiger charge is -2.39. The number of rotatable bonds is 3. The van der Waals surface area contributed by atoms with Crippen LogP contribution in [-0.2, 0) is 11.8 Å². The number of aliphatic hydroxyl groups is 1. The second kappa shape index (κ2) is 5.47. The van der Waals surface area contributed by atoms with E-state index in [1.54, 1.807) is 0 Å². The van der Waals surface area contributed by atoms with Crippen molar-refractivity contribution >= 4 is 0 Å². The van der Waals surface area contributed by atoms with Gasteiger partial charge in [0.05, 0.1) is 24.5 Å². The fourth-order valence-electron chi connectivity index (χ4n) is 3.57. The second-order valence-electron chi connectivity index (χ2n) is 6.49. The summed E-state index contributed by atoms with van der Waals surface area (Å²) in [4.78, 5) is 2.34. The topological polar surface area (TPSA) is 50.5 Å². The van der Waals surface area contributed by atoms with Crippen molar-refractivity contribution in [3.63, 3.8) is 0 Å². The number of ether oxygens (including phenoxy) is 1. The van der Waals surface area contributed by atoms with Crippen LogP contribution in [0.25, 0.3) is 0 Å². The summed E-state index contributed by atoms with van der Waals surface area (Å²) in [5.41, 5.74) is 1.37. The first-order valence-corrected chi connectivity index (χ1v) is 7.59. The first-order valence-electron chi connectivity index (χ1n) is 7.59. The Morgan fingerprint density at radius 3 is 2.85 bits per heavy atom. The Bertz CT molecular complexity index is 450. The van der Waals surface area contributed by atoms with E-state index in [1.165, 1.54) is 5.56 Å². The van der Waals surface area contributed by atoms with Gasteiger partial charge in [-0.1, -0.05) is 0 Å². The molecule has 2 fully saturated rings. The number of β-amino-alcohol motifs (C(OH)–C–C–N with tert-alkyl or cyclic N) is 1. The molecular weight excluding hydrogens is 254 g/mol. The zero-order valence-electron chi connectivity index (χ0n) is 12.5. The molecule has 0 radical (unpaired) electrons. The smallest absolute Gasteiger partial charge is 0.0713 e. The number of aromatic nitrogens is 2. The molecule has 1 aromatic heterocycles. The lowest BCUT2D eigenvalue weighted by molar-refractivity contribution is -0.0485. The third-order valence-electron chi connectivity index (χ3n) is 4.70. The van der Waals surface area contributed by atoms with Crippen LogP contribution < -0.4 is 0 Å². The molecule has 2 aliphatic heterocycles. The molecule has 112 valence electrons. The number of piperidine rings is 1. The van der Waals surface area contributed by atoms with Gasteiger partial charge in [-0.2, -0.15) is 5.10 Å². The summed E-state index contributed by atoms with van der Waals surface area (Å²) in [6.07, 6.45) is 7.11. The standard InChI is InChI=1S/C15H25N3O2/c1-12(19)9-18-5-3-15(4-6-18)7-13(11-20-15)14-8-16-17(2)10-14/h8,10,12-13,19H,3-7,9,11H2,1-2H3. The highest BCUT2D eigenvalue weighted by Crippen LogP contribution is 2.42. The molecule has 0 amide bonds. The third kappa shape index (κ3) is 2.90. The maximum atomic E-state index is 9.47. The van der Waals surface area contributed by atoms with Gasteiger partial charge >= 0.3 is 0 Å². The van der Waals surface area contributed by atoms with E-state index in [2.05, 4.69) is 16.2 Å². The quantitative estimate of drug-likeness (QED) is 0.901. The minimum Gasteiger partial charge on any atom is -0.392 e. The Morgan fingerprint density at radius 1 is 1.50 bits per heavy atom. The lowest BCUT2D eigenvalue weighted by Crippen LogP contribution is -2.46. The van der Waals surface area contributed by atoms with E-state index in [0.29, 0.717) is 5.92 Å². The Balaban J connectivity index is 1.57. The van der Waals surface area contributed by atoms with Crippen LogP contribution >= 0.6 is 0 Å². The molecular formula is C15H25N3O2. The SMILES string of the molecule is CC(O)CN1CCC2(CC1)CC(c1cnn(C)c1)CO2. The molecule has 0 saturated carbocycles. The molecule has 5 heteroatoms. The number of hydrogen-bond donors (Lipinski definition) is 1. The van der Waals surface area contributed by atoms with E-state index in [4.69, 9.17) is 4.74 Å². The van der Waals surface area contributed by atoms with Crippen LogP contribution in [0.5, 0.6) is 0 Å². The van der Waals surface area contributed by atoms with Crippen molar-refractivity contribution < 1.29 is 9.84 Å². The largest absolute Gasteiger partial charge is 0.392 e. The fourth-order valence-corrected chi connectivity index (χ4v) is 3.57. The molecule has 0 bridgehead atoms. The highest BCUT2D eigenvalue weighted by atomic mass is 16.5. The van der Waals surface area contributed by atoms with Gasteiger partial charge < -0.3 is 14.7 Å². The second-order valence-corrected chi connectivity index (χ2v) is 6.49. The molecule has 3 rings (SSSR count). The highest BCUT2D eigenvalue weighted by Gasteiger charge is 2.43. The van der Waals surface area contributed by atoms with E-state index in [-0.39, 0.29) is 11.7 Å². The van der Waals surface area contributed by atoms with Gasteiger partial charge in [0.25, 0.3) is 0 Å². The number of aryl methyl sites for hydroxylation is 1. The maximum Gasteiger partial charge on any atom is 0.0713 e. The van der Waals surface area contributed by atoms with E-state index in [1.807, 2.05) is 24.9 Å². The van der Waals surface area contributed by atoms with Gasteiger partial charge in [-0.3, -0.25) is 4.68 Å². The number of likely N-dealkylation sites (tertiary alicyclic amines) is 1. The summed E-state index contributed by atoms with van der Waals surface area (Å²) in [6, 6.07) is 0. The predicted molar refractivity (Wildman–Crippen MR) is 76.6 cm³/mol. The molecule has 2 saturated heterocycles. The van der Waals surface area contributed by atoms with Crippen molar-refractivity contribution in [1.29, 1.82) is 0 Å². The summed E-state index contributed by atoms with van der Waals surface area (Å²) < 4.78 is 8.05. The Morgan fingerprint density at radius 2 is 2.25 bits per heavy atom. The molecule has 2 aliphatic rings. The lowest BCUT2D eigenvalue weighted by atomic mass is 9.84. The van der Waals surface area contributed by atoms with Crippen molar-refractivity contribution in [2.75, 3.05) is 26.2 Å². The van der Waals surface area contributed by atoms with Crippen molar-refractivity contribution in [3.8, 4) is 0 Å². The van der Waals surface area contributed by atoms with Crippen LogP contribution in [0, 0.1) is 0 Å². The third-order valence-corrected chi connectivity index (χ3v) is 4.70. The molecule has 20 heavy (non-hydrogen) atoms. The average molecular weight is 279 g/mol. The first kappa shape index (κ1) is 14.0. The number of aliphatic hydroxyl groups excluding tert-OH is 1. The van der Waals surface area contributed by atoms with Gasteiger partial charge in [-0.05, 0) is 31.7 Å². The van der Waals surface area contributed by atoms with Crippen molar-refractivity contribution in [3.05, 3.63) is 18.0 Å². The maximum absolute atomic E-state index is 9.47. The summed E-state index contributed by atoms with van der Waals surface area (Å²) in [6.45, 7) is 5.52. The normalized spacial score (nSPS) is 28.1. The van der Waals surface area contributed by atoms with Crippen LogP contribution in [0.4, 0.5) is 0 Å².